The summed E-state index contributed by atoms with van der Waals surface area (Å²) in [5, 5.41) is 9.53. The Labute approximate surface area is 183 Å². The molecule has 1 heterocycles. The summed E-state index contributed by atoms with van der Waals surface area (Å²) >= 11 is 0. The number of hydrogen-bond donors (Lipinski definition) is 0. The molecule has 1 fully saturated rings. The number of amides is 1. The van der Waals surface area contributed by atoms with Crippen LogP contribution in [0.15, 0.2) is 52.5 Å². The van der Waals surface area contributed by atoms with E-state index in [4.69, 9.17) is 0 Å². The van der Waals surface area contributed by atoms with Crippen molar-refractivity contribution in [1.29, 1.82) is 5.26 Å². The Morgan fingerprint density at radius 1 is 1.10 bits per heavy atom. The maximum Gasteiger partial charge on any atom is 0.254 e. The van der Waals surface area contributed by atoms with Crippen LogP contribution < -0.4 is 0 Å². The second-order valence-corrected chi connectivity index (χ2v) is 9.08. The molecule has 3 aliphatic rings. The monoisotopic (exact) mass is 409 g/mol. The van der Waals surface area contributed by atoms with E-state index in [1.54, 1.807) is 0 Å². The number of aliphatic imine (C=N–C) groups is 1. The molecule has 2 aromatic rings. The standard InChI is InChI=1S/C27H27N3O/c1-17-11-21(12-18(2)26(17)25-6-4-3-5-19(25)14-28)27(31)30(23-9-10-23)24-8-7-20-15-29-16-22(20)13-24/h3-6,11-12,16,23-24H,7-10,13,15H2,1-2H3. The van der Waals surface area contributed by atoms with Gasteiger partial charge in [0.15, 0.2) is 0 Å². The molecule has 1 unspecified atom stereocenters. The third-order valence-electron chi connectivity index (χ3n) is 6.88. The smallest absolute Gasteiger partial charge is 0.254 e. The molecule has 0 radical (unpaired) electrons. The van der Waals surface area contributed by atoms with E-state index in [0.717, 1.165) is 66.5 Å². The van der Waals surface area contributed by atoms with Crippen molar-refractivity contribution in [2.45, 2.75) is 58.0 Å². The van der Waals surface area contributed by atoms with Gasteiger partial charge in [-0.1, -0.05) is 18.2 Å². The molecule has 1 aliphatic heterocycles. The Hall–Kier alpha value is -3.19. The number of nitrogens with zero attached hydrogens (tertiary/aromatic N) is 3. The maximum atomic E-state index is 13.7. The molecule has 1 atom stereocenters. The molecule has 156 valence electrons. The molecule has 0 bridgehead atoms. The van der Waals surface area contributed by atoms with E-state index in [1.165, 1.54) is 11.1 Å². The average molecular weight is 410 g/mol. The van der Waals surface area contributed by atoms with Gasteiger partial charge in [0.25, 0.3) is 5.91 Å². The Morgan fingerprint density at radius 3 is 2.55 bits per heavy atom. The largest absolute Gasteiger partial charge is 0.332 e. The highest BCUT2D eigenvalue weighted by Crippen LogP contribution is 2.38. The molecular formula is C27H27N3O. The molecule has 2 aromatic carbocycles. The van der Waals surface area contributed by atoms with Crippen molar-refractivity contribution in [3.05, 3.63) is 69.8 Å². The molecule has 1 amide bonds. The fourth-order valence-corrected chi connectivity index (χ4v) is 5.27. The topological polar surface area (TPSA) is 56.5 Å². The Bertz CT molecular complexity index is 1140. The zero-order chi connectivity index (χ0) is 21.5. The second-order valence-electron chi connectivity index (χ2n) is 9.08. The van der Waals surface area contributed by atoms with Crippen LogP contribution in [0.4, 0.5) is 0 Å². The van der Waals surface area contributed by atoms with Gasteiger partial charge in [-0.25, -0.2) is 0 Å². The summed E-state index contributed by atoms with van der Waals surface area (Å²) in [6.45, 7) is 4.94. The minimum Gasteiger partial charge on any atom is -0.332 e. The second kappa shape index (κ2) is 7.81. The minimum absolute atomic E-state index is 0.151. The first-order valence-corrected chi connectivity index (χ1v) is 11.2. The van der Waals surface area contributed by atoms with Crippen LogP contribution in [0.3, 0.4) is 0 Å². The fourth-order valence-electron chi connectivity index (χ4n) is 5.27. The van der Waals surface area contributed by atoms with Crippen LogP contribution in [0.5, 0.6) is 0 Å². The summed E-state index contributed by atoms with van der Waals surface area (Å²) < 4.78 is 0. The van der Waals surface area contributed by atoms with E-state index in [2.05, 4.69) is 16.0 Å². The third kappa shape index (κ3) is 3.59. The number of carbonyl (C=O) groups excluding carboxylic acids is 1. The summed E-state index contributed by atoms with van der Waals surface area (Å²) in [7, 11) is 0. The molecular weight excluding hydrogens is 382 g/mol. The number of nitriles is 1. The van der Waals surface area contributed by atoms with Crippen molar-refractivity contribution in [2.75, 3.05) is 6.54 Å². The lowest BCUT2D eigenvalue weighted by Gasteiger charge is -2.35. The summed E-state index contributed by atoms with van der Waals surface area (Å²) in [4.78, 5) is 20.3. The summed E-state index contributed by atoms with van der Waals surface area (Å²) in [6, 6.07) is 14.6. The van der Waals surface area contributed by atoms with Crippen LogP contribution in [0.25, 0.3) is 11.1 Å². The van der Waals surface area contributed by atoms with Gasteiger partial charge in [0.1, 0.15) is 0 Å². The lowest BCUT2D eigenvalue weighted by molar-refractivity contribution is 0.0645. The molecule has 0 N–H and O–H groups in total. The molecule has 1 saturated carbocycles. The van der Waals surface area contributed by atoms with Gasteiger partial charge < -0.3 is 4.90 Å². The Morgan fingerprint density at radius 2 is 1.84 bits per heavy atom. The average Bonchev–Trinajstić information content (AvgIpc) is 3.49. The third-order valence-corrected chi connectivity index (χ3v) is 6.88. The van der Waals surface area contributed by atoms with Gasteiger partial charge in [-0.3, -0.25) is 9.79 Å². The highest BCUT2D eigenvalue weighted by atomic mass is 16.2. The maximum absolute atomic E-state index is 13.7. The Balaban J connectivity index is 1.47. The van der Waals surface area contributed by atoms with Crippen LogP contribution in [-0.2, 0) is 0 Å². The van der Waals surface area contributed by atoms with Crippen molar-refractivity contribution < 1.29 is 4.79 Å². The van der Waals surface area contributed by atoms with Crippen molar-refractivity contribution in [3.63, 3.8) is 0 Å². The van der Waals surface area contributed by atoms with Crippen LogP contribution >= 0.6 is 0 Å². The number of hydrogen-bond acceptors (Lipinski definition) is 3. The van der Waals surface area contributed by atoms with Crippen LogP contribution in [0.2, 0.25) is 0 Å². The van der Waals surface area contributed by atoms with Crippen molar-refractivity contribution >= 4 is 12.1 Å². The molecule has 4 nitrogen and oxygen atoms in total. The molecule has 0 saturated heterocycles. The van der Waals surface area contributed by atoms with Crippen molar-refractivity contribution in [1.82, 2.24) is 4.90 Å². The number of benzene rings is 2. The fraction of sp³-hybridized carbons (Fsp3) is 0.370. The predicted octanol–water partition coefficient (Wildman–Crippen LogP) is 5.38. The molecule has 5 rings (SSSR count). The highest BCUT2D eigenvalue weighted by Gasteiger charge is 2.39. The Kier molecular flexibility index (Phi) is 4.98. The van der Waals surface area contributed by atoms with E-state index in [-0.39, 0.29) is 11.9 Å². The minimum atomic E-state index is 0.151. The predicted molar refractivity (Wildman–Crippen MR) is 123 cm³/mol. The van der Waals surface area contributed by atoms with Gasteiger partial charge in [-0.05, 0) is 97.6 Å². The molecule has 2 aliphatic carbocycles. The molecule has 31 heavy (non-hydrogen) atoms. The number of carbonyl (C=O) groups is 1. The zero-order valence-corrected chi connectivity index (χ0v) is 18.2. The summed E-state index contributed by atoms with van der Waals surface area (Å²) in [5.74, 6) is 0.151. The van der Waals surface area contributed by atoms with Gasteiger partial charge in [0, 0.05) is 23.9 Å². The van der Waals surface area contributed by atoms with E-state index in [1.807, 2.05) is 56.5 Å². The van der Waals surface area contributed by atoms with Gasteiger partial charge >= 0.3 is 0 Å². The first-order chi connectivity index (χ1) is 15.1. The van der Waals surface area contributed by atoms with Crippen molar-refractivity contribution in [3.8, 4) is 17.2 Å². The highest BCUT2D eigenvalue weighted by molar-refractivity contribution is 5.96. The number of rotatable bonds is 4. The quantitative estimate of drug-likeness (QED) is 0.681. The molecule has 0 spiro atoms. The lowest BCUT2D eigenvalue weighted by atomic mass is 9.88. The van der Waals surface area contributed by atoms with Gasteiger partial charge in [-0.15, -0.1) is 0 Å². The zero-order valence-electron chi connectivity index (χ0n) is 18.2. The number of aryl methyl sites for hydroxylation is 2. The summed E-state index contributed by atoms with van der Waals surface area (Å²) in [5.41, 5.74) is 8.32. The first kappa shape index (κ1) is 19.8. The van der Waals surface area contributed by atoms with Gasteiger partial charge in [-0.2, -0.15) is 5.26 Å². The molecule has 0 aromatic heterocycles. The van der Waals surface area contributed by atoms with Crippen molar-refractivity contribution in [2.24, 2.45) is 4.99 Å². The van der Waals surface area contributed by atoms with E-state index in [9.17, 15) is 10.1 Å². The van der Waals surface area contributed by atoms with Gasteiger partial charge in [0.05, 0.1) is 18.2 Å². The van der Waals surface area contributed by atoms with E-state index in [0.29, 0.717) is 11.6 Å². The van der Waals surface area contributed by atoms with Crippen LogP contribution in [0.1, 0.15) is 59.2 Å². The SMILES string of the molecule is Cc1cc(C(=O)N(C2CC2)C2CCC3=C(C=NC3)C2)cc(C)c1-c1ccccc1C#N. The van der Waals surface area contributed by atoms with E-state index >= 15 is 0 Å². The van der Waals surface area contributed by atoms with E-state index < -0.39 is 0 Å². The van der Waals surface area contributed by atoms with Gasteiger partial charge in [0.2, 0.25) is 0 Å². The summed E-state index contributed by atoms with van der Waals surface area (Å²) in [6.07, 6.45) is 7.26. The van der Waals surface area contributed by atoms with Crippen LogP contribution in [-0.4, -0.2) is 35.7 Å². The normalized spacial score (nSPS) is 19.8. The lowest BCUT2D eigenvalue weighted by Crippen LogP contribution is -2.43. The van der Waals surface area contributed by atoms with Crippen LogP contribution in [0, 0.1) is 25.2 Å². The molecule has 4 heteroatoms. The first-order valence-electron chi connectivity index (χ1n) is 11.2.